The number of nitrogens with zero attached hydrogens (tertiary/aromatic N) is 2. The van der Waals surface area contributed by atoms with Crippen LogP contribution in [-0.4, -0.2) is 15.1 Å². The number of aromatic nitrogens is 2. The summed E-state index contributed by atoms with van der Waals surface area (Å²) in [5, 5.41) is 5.40. The van der Waals surface area contributed by atoms with E-state index in [1.54, 1.807) is 0 Å². The highest BCUT2D eigenvalue weighted by molar-refractivity contribution is 9.09. The van der Waals surface area contributed by atoms with Crippen LogP contribution in [0.3, 0.4) is 0 Å². The van der Waals surface area contributed by atoms with Crippen LogP contribution in [0, 0.1) is 12.8 Å². The summed E-state index contributed by atoms with van der Waals surface area (Å²) in [7, 11) is 0. The van der Waals surface area contributed by atoms with Gasteiger partial charge in [-0.2, -0.15) is 5.10 Å². The number of halogens is 1. The van der Waals surface area contributed by atoms with Crippen molar-refractivity contribution in [1.29, 1.82) is 0 Å². The van der Waals surface area contributed by atoms with Gasteiger partial charge in [-0.1, -0.05) is 29.3 Å². The highest BCUT2D eigenvalue weighted by Crippen LogP contribution is 2.09. The lowest BCUT2D eigenvalue weighted by atomic mass is 10.1. The van der Waals surface area contributed by atoms with E-state index in [-0.39, 0.29) is 0 Å². The Morgan fingerprint density at radius 1 is 1.67 bits per heavy atom. The van der Waals surface area contributed by atoms with Crippen LogP contribution in [0.25, 0.3) is 0 Å². The van der Waals surface area contributed by atoms with Crippen molar-refractivity contribution < 1.29 is 0 Å². The van der Waals surface area contributed by atoms with Gasteiger partial charge in [0.2, 0.25) is 0 Å². The van der Waals surface area contributed by atoms with E-state index in [0.717, 1.165) is 17.6 Å². The lowest BCUT2D eigenvalue weighted by Gasteiger charge is -2.10. The molecule has 1 aromatic heterocycles. The molecule has 0 N–H and O–H groups in total. The molecular formula is C9H15BrN2. The Morgan fingerprint density at radius 3 is 2.83 bits per heavy atom. The van der Waals surface area contributed by atoms with Crippen LogP contribution in [-0.2, 0) is 6.54 Å². The molecule has 0 fully saturated rings. The van der Waals surface area contributed by atoms with E-state index >= 15 is 0 Å². The first kappa shape index (κ1) is 9.78. The first-order chi connectivity index (χ1) is 5.76. The van der Waals surface area contributed by atoms with Crippen LogP contribution in [0.4, 0.5) is 0 Å². The third-order valence-corrected chi connectivity index (χ3v) is 2.93. The number of alkyl halides is 1. The second kappa shape index (κ2) is 4.65. The highest BCUT2D eigenvalue weighted by Gasteiger charge is 2.05. The van der Waals surface area contributed by atoms with E-state index in [1.165, 1.54) is 6.42 Å². The number of aryl methyl sites for hydroxylation is 1. The van der Waals surface area contributed by atoms with Crippen molar-refractivity contribution >= 4 is 15.9 Å². The molecule has 0 aliphatic heterocycles. The second-order valence-electron chi connectivity index (χ2n) is 3.11. The van der Waals surface area contributed by atoms with E-state index in [0.29, 0.717) is 5.92 Å². The molecule has 1 atom stereocenters. The molecule has 0 bridgehead atoms. The first-order valence-corrected chi connectivity index (χ1v) is 5.44. The second-order valence-corrected chi connectivity index (χ2v) is 3.76. The number of hydrogen-bond donors (Lipinski definition) is 0. The molecular weight excluding hydrogens is 216 g/mol. The van der Waals surface area contributed by atoms with Crippen LogP contribution in [0.1, 0.15) is 19.0 Å². The van der Waals surface area contributed by atoms with Gasteiger partial charge in [0, 0.05) is 18.1 Å². The van der Waals surface area contributed by atoms with Gasteiger partial charge in [-0.3, -0.25) is 4.68 Å². The minimum Gasteiger partial charge on any atom is -0.272 e. The number of rotatable bonds is 4. The van der Waals surface area contributed by atoms with Crippen LogP contribution in [0.15, 0.2) is 12.3 Å². The molecule has 0 radical (unpaired) electrons. The number of hydrogen-bond acceptors (Lipinski definition) is 1. The molecule has 0 saturated carbocycles. The van der Waals surface area contributed by atoms with E-state index in [1.807, 2.05) is 23.9 Å². The van der Waals surface area contributed by atoms with Gasteiger partial charge >= 0.3 is 0 Å². The molecule has 1 rings (SSSR count). The van der Waals surface area contributed by atoms with Crippen LogP contribution in [0.2, 0.25) is 0 Å². The Labute approximate surface area is 82.1 Å². The normalized spacial score (nSPS) is 13.2. The average Bonchev–Trinajstić information content (AvgIpc) is 2.47. The van der Waals surface area contributed by atoms with E-state index in [2.05, 4.69) is 28.0 Å². The zero-order valence-corrected chi connectivity index (χ0v) is 9.21. The molecule has 3 heteroatoms. The van der Waals surface area contributed by atoms with Gasteiger partial charge in [-0.25, -0.2) is 0 Å². The molecule has 1 heterocycles. The summed E-state index contributed by atoms with van der Waals surface area (Å²) in [6.07, 6.45) is 3.24. The van der Waals surface area contributed by atoms with Crippen molar-refractivity contribution in [2.75, 3.05) is 5.33 Å². The summed E-state index contributed by atoms with van der Waals surface area (Å²) in [4.78, 5) is 0. The lowest BCUT2D eigenvalue weighted by molar-refractivity contribution is 0.446. The maximum Gasteiger partial charge on any atom is 0.0593 e. The summed E-state index contributed by atoms with van der Waals surface area (Å²) >= 11 is 3.50. The zero-order valence-electron chi connectivity index (χ0n) is 7.63. The minimum absolute atomic E-state index is 0.698. The Balaban J connectivity index is 2.50. The quantitative estimate of drug-likeness (QED) is 0.728. The average molecular weight is 231 g/mol. The molecule has 0 aliphatic carbocycles. The van der Waals surface area contributed by atoms with Gasteiger partial charge in [0.15, 0.2) is 0 Å². The van der Waals surface area contributed by atoms with Crippen molar-refractivity contribution in [3.63, 3.8) is 0 Å². The Kier molecular flexibility index (Phi) is 3.79. The van der Waals surface area contributed by atoms with Crippen LogP contribution in [0.5, 0.6) is 0 Å². The van der Waals surface area contributed by atoms with Crippen molar-refractivity contribution in [1.82, 2.24) is 9.78 Å². The third-order valence-electron chi connectivity index (χ3n) is 2.01. The zero-order chi connectivity index (χ0) is 8.97. The fraction of sp³-hybridized carbons (Fsp3) is 0.667. The molecule has 1 aromatic rings. The van der Waals surface area contributed by atoms with Gasteiger partial charge in [0.25, 0.3) is 0 Å². The van der Waals surface area contributed by atoms with Crippen LogP contribution >= 0.6 is 15.9 Å². The van der Waals surface area contributed by atoms with Gasteiger partial charge < -0.3 is 0 Å². The van der Waals surface area contributed by atoms with Gasteiger partial charge in [0.1, 0.15) is 0 Å². The smallest absolute Gasteiger partial charge is 0.0593 e. The largest absolute Gasteiger partial charge is 0.272 e. The summed E-state index contributed by atoms with van der Waals surface area (Å²) in [5.41, 5.74) is 1.10. The minimum atomic E-state index is 0.698. The third kappa shape index (κ3) is 2.63. The monoisotopic (exact) mass is 230 g/mol. The standard InChI is InChI=1S/C9H15BrN2/c1-3-9(6-10)7-12-5-4-8(2)11-12/h4-5,9H,3,6-7H2,1-2H3. The molecule has 0 amide bonds. The predicted molar refractivity (Wildman–Crippen MR) is 54.5 cm³/mol. The fourth-order valence-corrected chi connectivity index (χ4v) is 1.78. The summed E-state index contributed by atoms with van der Waals surface area (Å²) in [5.74, 6) is 0.698. The maximum absolute atomic E-state index is 4.34. The van der Waals surface area contributed by atoms with E-state index in [9.17, 15) is 0 Å². The first-order valence-electron chi connectivity index (χ1n) is 4.32. The maximum atomic E-state index is 4.34. The molecule has 2 nitrogen and oxygen atoms in total. The van der Waals surface area contributed by atoms with E-state index in [4.69, 9.17) is 0 Å². The van der Waals surface area contributed by atoms with Crippen molar-refractivity contribution in [2.45, 2.75) is 26.8 Å². The molecule has 0 saturated heterocycles. The lowest BCUT2D eigenvalue weighted by Crippen LogP contribution is -2.11. The summed E-state index contributed by atoms with van der Waals surface area (Å²) in [6.45, 7) is 5.25. The highest BCUT2D eigenvalue weighted by atomic mass is 79.9. The van der Waals surface area contributed by atoms with Gasteiger partial charge in [-0.05, 0) is 18.9 Å². The molecule has 0 spiro atoms. The summed E-state index contributed by atoms with van der Waals surface area (Å²) < 4.78 is 2.02. The SMILES string of the molecule is CCC(CBr)Cn1ccc(C)n1. The Bertz CT molecular complexity index is 228. The molecule has 0 aromatic carbocycles. The fourth-order valence-electron chi connectivity index (χ4n) is 1.12. The summed E-state index contributed by atoms with van der Waals surface area (Å²) in [6, 6.07) is 2.04. The topological polar surface area (TPSA) is 17.8 Å². The van der Waals surface area contributed by atoms with Gasteiger partial charge in [-0.15, -0.1) is 0 Å². The van der Waals surface area contributed by atoms with Crippen LogP contribution < -0.4 is 0 Å². The van der Waals surface area contributed by atoms with Gasteiger partial charge in [0.05, 0.1) is 5.69 Å². The molecule has 1 unspecified atom stereocenters. The molecule has 0 aliphatic rings. The molecule has 12 heavy (non-hydrogen) atoms. The van der Waals surface area contributed by atoms with Crippen molar-refractivity contribution in [2.24, 2.45) is 5.92 Å². The Morgan fingerprint density at radius 2 is 2.42 bits per heavy atom. The van der Waals surface area contributed by atoms with Crippen molar-refractivity contribution in [3.8, 4) is 0 Å². The van der Waals surface area contributed by atoms with E-state index < -0.39 is 0 Å². The predicted octanol–water partition coefficient (Wildman–Crippen LogP) is 2.61. The Hall–Kier alpha value is -0.310. The molecule has 68 valence electrons. The van der Waals surface area contributed by atoms with Crippen molar-refractivity contribution in [3.05, 3.63) is 18.0 Å².